The number of nitrogens with zero attached hydrogens (tertiary/aromatic N) is 4. The van der Waals surface area contributed by atoms with E-state index in [4.69, 9.17) is 0 Å². The van der Waals surface area contributed by atoms with Crippen LogP contribution >= 0.6 is 11.3 Å². The minimum absolute atomic E-state index is 0.0163. The molecule has 0 radical (unpaired) electrons. The predicted octanol–water partition coefficient (Wildman–Crippen LogP) is 1.20. The standard InChI is InChI=1S/C13H17N5OS/c1-9-10(13(19)18(3)8-7-14-2)20-12(17-9)11-15-5-4-6-16-11/h4-6,14H,7-8H2,1-3H3. The molecule has 2 heterocycles. The van der Waals surface area contributed by atoms with E-state index in [-0.39, 0.29) is 5.91 Å². The maximum absolute atomic E-state index is 12.3. The molecule has 106 valence electrons. The fourth-order valence-electron chi connectivity index (χ4n) is 1.65. The number of rotatable bonds is 5. The van der Waals surface area contributed by atoms with Crippen LogP contribution in [0, 0.1) is 6.92 Å². The van der Waals surface area contributed by atoms with Gasteiger partial charge in [0.25, 0.3) is 5.91 Å². The van der Waals surface area contributed by atoms with Gasteiger partial charge < -0.3 is 10.2 Å². The molecule has 0 saturated heterocycles. The van der Waals surface area contributed by atoms with Crippen molar-refractivity contribution in [1.82, 2.24) is 25.2 Å². The number of amides is 1. The van der Waals surface area contributed by atoms with Crippen molar-refractivity contribution in [3.05, 3.63) is 29.0 Å². The first-order valence-corrected chi connectivity index (χ1v) is 7.10. The van der Waals surface area contributed by atoms with E-state index >= 15 is 0 Å². The van der Waals surface area contributed by atoms with Crippen LogP contribution < -0.4 is 5.32 Å². The molecule has 2 aromatic heterocycles. The van der Waals surface area contributed by atoms with Gasteiger partial charge in [0.1, 0.15) is 4.88 Å². The van der Waals surface area contributed by atoms with Crippen LogP contribution in [-0.4, -0.2) is 52.9 Å². The summed E-state index contributed by atoms with van der Waals surface area (Å²) in [6.07, 6.45) is 3.33. The summed E-state index contributed by atoms with van der Waals surface area (Å²) in [6, 6.07) is 1.75. The van der Waals surface area contributed by atoms with Gasteiger partial charge in [-0.3, -0.25) is 4.79 Å². The molecule has 0 spiro atoms. The Bertz CT molecular complexity index is 584. The highest BCUT2D eigenvalue weighted by molar-refractivity contribution is 7.17. The summed E-state index contributed by atoms with van der Waals surface area (Å²) < 4.78 is 0. The molecule has 2 rings (SSSR count). The van der Waals surface area contributed by atoms with E-state index in [1.54, 1.807) is 30.4 Å². The second-order valence-corrected chi connectivity index (χ2v) is 5.34. The molecule has 0 unspecified atom stereocenters. The molecule has 0 aliphatic carbocycles. The van der Waals surface area contributed by atoms with Gasteiger partial charge in [-0.25, -0.2) is 15.0 Å². The zero-order valence-corrected chi connectivity index (χ0v) is 12.6. The molecule has 0 fully saturated rings. The number of carbonyl (C=O) groups excluding carboxylic acids is 1. The number of aryl methyl sites for hydroxylation is 1. The lowest BCUT2D eigenvalue weighted by atomic mass is 10.3. The Labute approximate surface area is 121 Å². The lowest BCUT2D eigenvalue weighted by molar-refractivity contribution is 0.0800. The number of nitrogens with one attached hydrogen (secondary N) is 1. The van der Waals surface area contributed by atoms with E-state index in [9.17, 15) is 4.79 Å². The largest absolute Gasteiger partial charge is 0.340 e. The Hall–Kier alpha value is -1.86. The Balaban J connectivity index is 2.21. The van der Waals surface area contributed by atoms with Gasteiger partial charge >= 0.3 is 0 Å². The fourth-order valence-corrected chi connectivity index (χ4v) is 2.66. The maximum atomic E-state index is 12.3. The van der Waals surface area contributed by atoms with Crippen LogP contribution in [0.1, 0.15) is 15.4 Å². The maximum Gasteiger partial charge on any atom is 0.265 e. The Morgan fingerprint density at radius 3 is 2.75 bits per heavy atom. The van der Waals surface area contributed by atoms with Crippen LogP contribution in [-0.2, 0) is 0 Å². The first-order valence-electron chi connectivity index (χ1n) is 6.28. The summed E-state index contributed by atoms with van der Waals surface area (Å²) in [5.74, 6) is 0.537. The van der Waals surface area contributed by atoms with Gasteiger partial charge in [0.05, 0.1) is 5.69 Å². The lowest BCUT2D eigenvalue weighted by Crippen LogP contribution is -2.32. The van der Waals surface area contributed by atoms with Gasteiger partial charge in [0.15, 0.2) is 10.8 Å². The Morgan fingerprint density at radius 1 is 1.40 bits per heavy atom. The normalized spacial score (nSPS) is 10.6. The molecule has 0 saturated carbocycles. The monoisotopic (exact) mass is 291 g/mol. The molecule has 2 aromatic rings. The van der Waals surface area contributed by atoms with E-state index in [2.05, 4.69) is 20.3 Å². The number of hydrogen-bond acceptors (Lipinski definition) is 6. The van der Waals surface area contributed by atoms with Crippen molar-refractivity contribution in [2.75, 3.05) is 27.2 Å². The van der Waals surface area contributed by atoms with E-state index < -0.39 is 0 Å². The van der Waals surface area contributed by atoms with Crippen molar-refractivity contribution in [3.8, 4) is 10.8 Å². The van der Waals surface area contributed by atoms with E-state index in [1.165, 1.54) is 11.3 Å². The van der Waals surface area contributed by atoms with E-state index in [1.807, 2.05) is 14.0 Å². The van der Waals surface area contributed by atoms with Crippen LogP contribution in [0.4, 0.5) is 0 Å². The highest BCUT2D eigenvalue weighted by atomic mass is 32.1. The minimum Gasteiger partial charge on any atom is -0.340 e. The molecule has 6 nitrogen and oxygen atoms in total. The highest BCUT2D eigenvalue weighted by Gasteiger charge is 2.20. The number of hydrogen-bond donors (Lipinski definition) is 1. The van der Waals surface area contributed by atoms with Crippen molar-refractivity contribution < 1.29 is 4.79 Å². The Kier molecular flexibility index (Phi) is 4.75. The van der Waals surface area contributed by atoms with Gasteiger partial charge in [-0.15, -0.1) is 11.3 Å². The quantitative estimate of drug-likeness (QED) is 0.896. The van der Waals surface area contributed by atoms with E-state index in [0.717, 1.165) is 12.2 Å². The molecule has 0 aliphatic heterocycles. The highest BCUT2D eigenvalue weighted by Crippen LogP contribution is 2.25. The van der Waals surface area contributed by atoms with Crippen LogP contribution in [0.15, 0.2) is 18.5 Å². The first-order chi connectivity index (χ1) is 9.63. The average molecular weight is 291 g/mol. The summed E-state index contributed by atoms with van der Waals surface area (Å²) in [5.41, 5.74) is 0.721. The van der Waals surface area contributed by atoms with Crippen molar-refractivity contribution in [3.63, 3.8) is 0 Å². The van der Waals surface area contributed by atoms with Crippen molar-refractivity contribution >= 4 is 17.2 Å². The third kappa shape index (κ3) is 3.17. The fraction of sp³-hybridized carbons (Fsp3) is 0.385. The van der Waals surface area contributed by atoms with Gasteiger partial charge in [0.2, 0.25) is 0 Å². The molecule has 0 bridgehead atoms. The third-order valence-corrected chi connectivity index (χ3v) is 3.93. The first kappa shape index (κ1) is 14.5. The van der Waals surface area contributed by atoms with Crippen molar-refractivity contribution in [2.24, 2.45) is 0 Å². The zero-order chi connectivity index (χ0) is 14.5. The van der Waals surface area contributed by atoms with Crippen LogP contribution in [0.3, 0.4) is 0 Å². The average Bonchev–Trinajstić information content (AvgIpc) is 2.87. The van der Waals surface area contributed by atoms with Crippen LogP contribution in [0.25, 0.3) is 10.8 Å². The van der Waals surface area contributed by atoms with Crippen molar-refractivity contribution in [1.29, 1.82) is 0 Å². The number of aromatic nitrogens is 3. The second kappa shape index (κ2) is 6.53. The summed E-state index contributed by atoms with van der Waals surface area (Å²) in [6.45, 7) is 3.25. The zero-order valence-electron chi connectivity index (χ0n) is 11.8. The van der Waals surface area contributed by atoms with Gasteiger partial charge in [0, 0.05) is 32.5 Å². The summed E-state index contributed by atoms with van der Waals surface area (Å²) in [7, 11) is 3.65. The van der Waals surface area contributed by atoms with Crippen LogP contribution in [0.2, 0.25) is 0 Å². The molecule has 1 N–H and O–H groups in total. The molecule has 1 amide bonds. The van der Waals surface area contributed by atoms with Crippen molar-refractivity contribution in [2.45, 2.75) is 6.92 Å². The molecular formula is C13H17N5OS. The molecule has 7 heteroatoms. The smallest absolute Gasteiger partial charge is 0.265 e. The topological polar surface area (TPSA) is 71.0 Å². The summed E-state index contributed by atoms with van der Waals surface area (Å²) in [5, 5.41) is 3.70. The SMILES string of the molecule is CNCCN(C)C(=O)c1sc(-c2ncccn2)nc1C. The molecule has 0 atom stereocenters. The lowest BCUT2D eigenvalue weighted by Gasteiger charge is -2.15. The predicted molar refractivity (Wildman–Crippen MR) is 78.8 cm³/mol. The van der Waals surface area contributed by atoms with Crippen LogP contribution in [0.5, 0.6) is 0 Å². The third-order valence-electron chi connectivity index (χ3n) is 2.79. The molecule has 0 aliphatic rings. The molecule has 0 aromatic carbocycles. The summed E-state index contributed by atoms with van der Waals surface area (Å²) in [4.78, 5) is 27.4. The van der Waals surface area contributed by atoms with E-state index in [0.29, 0.717) is 22.3 Å². The van der Waals surface area contributed by atoms with Gasteiger partial charge in [-0.2, -0.15) is 0 Å². The molecule has 20 heavy (non-hydrogen) atoms. The second-order valence-electron chi connectivity index (χ2n) is 4.34. The minimum atomic E-state index is -0.0163. The Morgan fingerprint density at radius 2 is 2.10 bits per heavy atom. The van der Waals surface area contributed by atoms with Gasteiger partial charge in [-0.05, 0) is 20.0 Å². The van der Waals surface area contributed by atoms with Gasteiger partial charge in [-0.1, -0.05) is 0 Å². The molecular weight excluding hydrogens is 274 g/mol. The summed E-state index contributed by atoms with van der Waals surface area (Å²) >= 11 is 1.33. The number of likely N-dealkylation sites (N-methyl/N-ethyl adjacent to an activating group) is 2. The number of carbonyl (C=O) groups is 1. The number of thiazole rings is 1.